The third-order valence-corrected chi connectivity index (χ3v) is 9.52. The number of rotatable bonds is 7. The minimum atomic E-state index is -4.01. The molecule has 1 atom stereocenters. The molecule has 1 fully saturated rings. The lowest BCUT2D eigenvalue weighted by Gasteiger charge is -2.28. The molecule has 2 aromatic carbocycles. The van der Waals surface area contributed by atoms with Gasteiger partial charge in [0, 0.05) is 18.9 Å². The van der Waals surface area contributed by atoms with E-state index in [4.69, 9.17) is 9.72 Å². The summed E-state index contributed by atoms with van der Waals surface area (Å²) in [6, 6.07) is 11.1. The number of amides is 1. The molecule has 1 amide bonds. The second-order valence-corrected chi connectivity index (χ2v) is 11.6. The fourth-order valence-corrected chi connectivity index (χ4v) is 7.20. The van der Waals surface area contributed by atoms with Crippen LogP contribution in [0.2, 0.25) is 0 Å². The summed E-state index contributed by atoms with van der Waals surface area (Å²) in [5.41, 5.74) is 2.42. The van der Waals surface area contributed by atoms with Crippen molar-refractivity contribution in [2.24, 2.45) is 0 Å². The Balaban J connectivity index is 1.55. The van der Waals surface area contributed by atoms with Crippen LogP contribution in [0.4, 0.5) is 9.52 Å². The molecule has 4 aromatic rings. The highest BCUT2D eigenvalue weighted by atomic mass is 32.2. The zero-order chi connectivity index (χ0) is 26.2. The number of nitrogens with zero attached hydrogens (tertiary/aromatic N) is 4. The number of benzene rings is 2. The summed E-state index contributed by atoms with van der Waals surface area (Å²) in [6.07, 6.45) is 4.22. The predicted octanol–water partition coefficient (Wildman–Crippen LogP) is 4.53. The van der Waals surface area contributed by atoms with Crippen molar-refractivity contribution in [3.05, 3.63) is 77.9 Å². The molecule has 11 heteroatoms. The number of thiazole rings is 1. The summed E-state index contributed by atoms with van der Waals surface area (Å²) in [7, 11) is -2.44. The van der Waals surface area contributed by atoms with Crippen LogP contribution in [0.25, 0.3) is 10.2 Å². The molecule has 192 valence electrons. The van der Waals surface area contributed by atoms with E-state index in [-0.39, 0.29) is 23.9 Å². The molecule has 1 saturated heterocycles. The molecular weight excluding hydrogens is 515 g/mol. The molecule has 2 aromatic heterocycles. The molecule has 0 N–H and O–H groups in total. The highest BCUT2D eigenvalue weighted by molar-refractivity contribution is 7.89. The van der Waals surface area contributed by atoms with Crippen LogP contribution < -0.4 is 9.64 Å². The van der Waals surface area contributed by atoms with Crippen molar-refractivity contribution in [1.29, 1.82) is 0 Å². The number of fused-ring (bicyclic) bond motifs is 1. The molecule has 37 heavy (non-hydrogen) atoms. The monoisotopic (exact) mass is 540 g/mol. The van der Waals surface area contributed by atoms with E-state index < -0.39 is 21.9 Å². The Kier molecular flexibility index (Phi) is 6.93. The summed E-state index contributed by atoms with van der Waals surface area (Å²) in [6.45, 7) is 2.34. The first-order valence-corrected chi connectivity index (χ1v) is 14.0. The van der Waals surface area contributed by atoms with Gasteiger partial charge in [-0.15, -0.1) is 0 Å². The number of aromatic nitrogens is 2. The van der Waals surface area contributed by atoms with E-state index in [1.807, 2.05) is 25.1 Å². The van der Waals surface area contributed by atoms with Gasteiger partial charge in [-0.05, 0) is 67.3 Å². The Bertz CT molecular complexity index is 1540. The molecule has 5 rings (SSSR count). The maximum Gasteiger partial charge on any atom is 0.247 e. The third-order valence-electron chi connectivity index (χ3n) is 6.38. The Morgan fingerprint density at radius 2 is 2.00 bits per heavy atom. The zero-order valence-corrected chi connectivity index (χ0v) is 21.9. The molecule has 1 aliphatic rings. The lowest BCUT2D eigenvalue weighted by Crippen LogP contribution is -2.47. The van der Waals surface area contributed by atoms with Gasteiger partial charge in [-0.25, -0.2) is 17.8 Å². The number of carbonyl (C=O) groups is 1. The SMILES string of the molecule is COc1ccc(C)c2sc(N(Cc3cccnc3)C(=O)C3CCCN3S(=O)(=O)c3ccc(F)cc3)nc12. The van der Waals surface area contributed by atoms with E-state index in [9.17, 15) is 17.6 Å². The fourth-order valence-electron chi connectivity index (χ4n) is 4.49. The van der Waals surface area contributed by atoms with Gasteiger partial charge in [-0.3, -0.25) is 14.7 Å². The van der Waals surface area contributed by atoms with Crippen molar-refractivity contribution in [3.63, 3.8) is 0 Å². The lowest BCUT2D eigenvalue weighted by molar-refractivity contribution is -0.121. The van der Waals surface area contributed by atoms with Crippen molar-refractivity contribution in [1.82, 2.24) is 14.3 Å². The number of methoxy groups -OCH3 is 1. The van der Waals surface area contributed by atoms with Crippen LogP contribution in [-0.4, -0.2) is 48.3 Å². The van der Waals surface area contributed by atoms with E-state index in [1.165, 1.54) is 32.7 Å². The quantitative estimate of drug-likeness (QED) is 0.342. The number of anilines is 1. The first-order chi connectivity index (χ1) is 17.8. The summed E-state index contributed by atoms with van der Waals surface area (Å²) in [4.78, 5) is 24.5. The first-order valence-electron chi connectivity index (χ1n) is 11.7. The number of carbonyl (C=O) groups excluding carboxylic acids is 1. The lowest BCUT2D eigenvalue weighted by atomic mass is 10.2. The Labute approximate surface area is 218 Å². The number of halogens is 1. The molecule has 0 bridgehead atoms. The van der Waals surface area contributed by atoms with E-state index in [1.54, 1.807) is 25.6 Å². The zero-order valence-electron chi connectivity index (χ0n) is 20.3. The van der Waals surface area contributed by atoms with Crippen molar-refractivity contribution >= 4 is 42.6 Å². The summed E-state index contributed by atoms with van der Waals surface area (Å²) >= 11 is 1.36. The second-order valence-electron chi connectivity index (χ2n) is 8.77. The first kappa shape index (κ1) is 25.2. The Morgan fingerprint density at radius 1 is 1.22 bits per heavy atom. The van der Waals surface area contributed by atoms with Gasteiger partial charge < -0.3 is 4.74 Å². The van der Waals surface area contributed by atoms with Crippen LogP contribution >= 0.6 is 11.3 Å². The number of hydrogen-bond acceptors (Lipinski definition) is 7. The third kappa shape index (κ3) is 4.81. The van der Waals surface area contributed by atoms with Crippen molar-refractivity contribution in [2.75, 3.05) is 18.6 Å². The fraction of sp³-hybridized carbons (Fsp3) is 0.269. The smallest absolute Gasteiger partial charge is 0.247 e. The minimum Gasteiger partial charge on any atom is -0.494 e. The maximum atomic E-state index is 14.1. The van der Waals surface area contributed by atoms with E-state index in [0.717, 1.165) is 28.0 Å². The minimum absolute atomic E-state index is 0.0484. The van der Waals surface area contributed by atoms with Gasteiger partial charge in [0.1, 0.15) is 23.1 Å². The molecule has 1 aliphatic heterocycles. The highest BCUT2D eigenvalue weighted by Crippen LogP contribution is 2.38. The standard InChI is InChI=1S/C26H25FN4O4S2/c1-17-7-12-22(35-2)23-24(17)36-26(29-23)30(16-18-5-3-13-28-15-18)25(32)21-6-4-14-31(21)37(33,34)20-10-8-19(27)9-11-20/h3,5,7-13,15,21H,4,6,14,16H2,1-2H3. The molecule has 0 saturated carbocycles. The summed E-state index contributed by atoms with van der Waals surface area (Å²) in [5, 5.41) is 0.447. The number of sulfonamides is 1. The van der Waals surface area contributed by atoms with Crippen LogP contribution in [0.15, 0.2) is 65.8 Å². The Hall–Kier alpha value is -3.41. The molecule has 0 aliphatic carbocycles. The van der Waals surface area contributed by atoms with Gasteiger partial charge in [0.25, 0.3) is 0 Å². The van der Waals surface area contributed by atoms with E-state index in [0.29, 0.717) is 29.2 Å². The van der Waals surface area contributed by atoms with Gasteiger partial charge >= 0.3 is 0 Å². The molecule has 1 unspecified atom stereocenters. The van der Waals surface area contributed by atoms with Crippen molar-refractivity contribution in [2.45, 2.75) is 37.2 Å². The molecule has 0 spiro atoms. The van der Waals surface area contributed by atoms with Crippen LogP contribution in [0.1, 0.15) is 24.0 Å². The summed E-state index contributed by atoms with van der Waals surface area (Å²) in [5.74, 6) is -0.307. The van der Waals surface area contributed by atoms with Crippen LogP contribution in [0.3, 0.4) is 0 Å². The second kappa shape index (κ2) is 10.2. The van der Waals surface area contributed by atoms with Crippen molar-refractivity contribution in [3.8, 4) is 5.75 Å². The van der Waals surface area contributed by atoms with Gasteiger partial charge in [0.2, 0.25) is 15.9 Å². The maximum absolute atomic E-state index is 14.1. The van der Waals surface area contributed by atoms with Crippen LogP contribution in [-0.2, 0) is 21.4 Å². The number of pyridine rings is 1. The van der Waals surface area contributed by atoms with E-state index in [2.05, 4.69) is 4.98 Å². The predicted molar refractivity (Wildman–Crippen MR) is 140 cm³/mol. The van der Waals surface area contributed by atoms with Crippen molar-refractivity contribution < 1.29 is 22.3 Å². The average molecular weight is 541 g/mol. The molecule has 3 heterocycles. The largest absolute Gasteiger partial charge is 0.494 e. The van der Waals surface area contributed by atoms with Gasteiger partial charge in [-0.2, -0.15) is 4.31 Å². The summed E-state index contributed by atoms with van der Waals surface area (Å²) < 4.78 is 47.9. The molecule has 8 nitrogen and oxygen atoms in total. The van der Waals surface area contributed by atoms with Gasteiger partial charge in [0.15, 0.2) is 5.13 Å². The van der Waals surface area contributed by atoms with Crippen LogP contribution in [0, 0.1) is 12.7 Å². The highest BCUT2D eigenvalue weighted by Gasteiger charge is 2.42. The Morgan fingerprint density at radius 3 is 2.70 bits per heavy atom. The van der Waals surface area contributed by atoms with Gasteiger partial charge in [-0.1, -0.05) is 23.5 Å². The molecule has 0 radical (unpaired) electrons. The van der Waals surface area contributed by atoms with Crippen LogP contribution in [0.5, 0.6) is 5.75 Å². The molecular formula is C26H25FN4O4S2. The number of hydrogen-bond donors (Lipinski definition) is 0. The number of ether oxygens (including phenoxy) is 1. The average Bonchev–Trinajstić information content (AvgIpc) is 3.57. The van der Waals surface area contributed by atoms with E-state index >= 15 is 0 Å². The van der Waals surface area contributed by atoms with Gasteiger partial charge in [0.05, 0.1) is 23.2 Å². The normalized spacial score (nSPS) is 16.2. The topological polar surface area (TPSA) is 92.7 Å². The number of aryl methyl sites for hydroxylation is 1.